The topological polar surface area (TPSA) is 79.5 Å². The summed E-state index contributed by atoms with van der Waals surface area (Å²) in [5.74, 6) is 1.06. The number of benzene rings is 1. The van der Waals surface area contributed by atoms with Crippen molar-refractivity contribution in [3.8, 4) is 17.0 Å². The van der Waals surface area contributed by atoms with Crippen molar-refractivity contribution in [3.63, 3.8) is 0 Å². The van der Waals surface area contributed by atoms with Gasteiger partial charge in [0.15, 0.2) is 11.2 Å². The summed E-state index contributed by atoms with van der Waals surface area (Å²) in [5.41, 5.74) is 1.48. The zero-order chi connectivity index (χ0) is 22.1. The number of phenols is 1. The SMILES string of the molecule is CC[C@@H]1CCC[C@H](F)[C@H](N(C)c2ccc(-c3cc4c(=O)c(C)coc4cc3O)nn2)C1. The highest BCUT2D eigenvalue weighted by Gasteiger charge is 2.31. The summed E-state index contributed by atoms with van der Waals surface area (Å²) in [6.07, 6.45) is 4.90. The number of rotatable bonds is 4. The van der Waals surface area contributed by atoms with E-state index < -0.39 is 6.17 Å². The number of nitrogens with zero attached hydrogens (tertiary/aromatic N) is 3. The molecular formula is C24H28FN3O3. The van der Waals surface area contributed by atoms with Crippen LogP contribution in [-0.4, -0.2) is 34.6 Å². The maximum atomic E-state index is 14.8. The Hall–Kier alpha value is -2.96. The number of hydrogen-bond donors (Lipinski definition) is 1. The predicted molar refractivity (Wildman–Crippen MR) is 119 cm³/mol. The summed E-state index contributed by atoms with van der Waals surface area (Å²) in [4.78, 5) is 14.3. The van der Waals surface area contributed by atoms with Crippen molar-refractivity contribution >= 4 is 16.8 Å². The van der Waals surface area contributed by atoms with Crippen LogP contribution in [0.3, 0.4) is 0 Å². The van der Waals surface area contributed by atoms with E-state index in [1.54, 1.807) is 25.1 Å². The monoisotopic (exact) mass is 425 g/mol. The number of aromatic hydroxyl groups is 1. The molecule has 7 heteroatoms. The van der Waals surface area contributed by atoms with Crippen LogP contribution in [0.15, 0.2) is 39.7 Å². The summed E-state index contributed by atoms with van der Waals surface area (Å²) in [7, 11) is 1.86. The van der Waals surface area contributed by atoms with Crippen LogP contribution in [0.4, 0.5) is 10.2 Å². The first-order valence-corrected chi connectivity index (χ1v) is 10.8. The van der Waals surface area contributed by atoms with Crippen LogP contribution >= 0.6 is 0 Å². The van der Waals surface area contributed by atoms with E-state index in [0.717, 1.165) is 25.7 Å². The van der Waals surface area contributed by atoms with Crippen molar-refractivity contribution in [1.29, 1.82) is 0 Å². The van der Waals surface area contributed by atoms with Crippen LogP contribution in [0.5, 0.6) is 5.75 Å². The van der Waals surface area contributed by atoms with E-state index in [4.69, 9.17) is 4.42 Å². The molecule has 0 unspecified atom stereocenters. The molecule has 1 fully saturated rings. The fourth-order valence-electron chi connectivity index (χ4n) is 4.47. The van der Waals surface area contributed by atoms with Gasteiger partial charge in [-0.15, -0.1) is 10.2 Å². The Kier molecular flexibility index (Phi) is 5.94. The van der Waals surface area contributed by atoms with Gasteiger partial charge in [0, 0.05) is 24.2 Å². The van der Waals surface area contributed by atoms with E-state index in [1.165, 1.54) is 12.3 Å². The fraction of sp³-hybridized carbons (Fsp3) is 0.458. The van der Waals surface area contributed by atoms with Gasteiger partial charge in [-0.2, -0.15) is 0 Å². The standard InChI is InChI=1S/C24H28FN3O3/c1-4-15-6-5-7-18(25)20(10-15)28(3)23-9-8-19(26-27-23)16-11-17-22(12-21(16)29)31-13-14(2)24(17)30/h8-9,11-13,15,18,20,29H,4-7,10H2,1-3H3/t15-,18+,20-/m1/s1. The Balaban J connectivity index is 1.64. The van der Waals surface area contributed by atoms with Crippen LogP contribution in [-0.2, 0) is 0 Å². The first kappa shape index (κ1) is 21.3. The van der Waals surface area contributed by atoms with E-state index in [-0.39, 0.29) is 17.2 Å². The van der Waals surface area contributed by atoms with Crippen LogP contribution in [0.2, 0.25) is 0 Å². The lowest BCUT2D eigenvalue weighted by Gasteiger charge is -2.31. The van der Waals surface area contributed by atoms with E-state index in [0.29, 0.717) is 45.9 Å². The van der Waals surface area contributed by atoms with Gasteiger partial charge in [-0.25, -0.2) is 4.39 Å². The van der Waals surface area contributed by atoms with E-state index >= 15 is 0 Å². The molecule has 0 bridgehead atoms. The number of aromatic nitrogens is 2. The molecule has 2 aromatic heterocycles. The highest BCUT2D eigenvalue weighted by molar-refractivity contribution is 5.86. The first-order valence-electron chi connectivity index (χ1n) is 10.8. The van der Waals surface area contributed by atoms with E-state index in [2.05, 4.69) is 17.1 Å². The molecule has 6 nitrogen and oxygen atoms in total. The third-order valence-electron chi connectivity index (χ3n) is 6.51. The number of aryl methyl sites for hydroxylation is 1. The Bertz CT molecular complexity index is 1130. The zero-order valence-electron chi connectivity index (χ0n) is 18.1. The second-order valence-electron chi connectivity index (χ2n) is 8.53. The third kappa shape index (κ3) is 4.13. The van der Waals surface area contributed by atoms with Crippen molar-refractivity contribution in [1.82, 2.24) is 10.2 Å². The lowest BCUT2D eigenvalue weighted by molar-refractivity contribution is 0.254. The van der Waals surface area contributed by atoms with E-state index in [9.17, 15) is 14.3 Å². The molecule has 0 saturated heterocycles. The fourth-order valence-corrected chi connectivity index (χ4v) is 4.47. The van der Waals surface area contributed by atoms with Crippen molar-refractivity contribution in [3.05, 3.63) is 46.3 Å². The quantitative estimate of drug-likeness (QED) is 0.592. The molecular weight excluding hydrogens is 397 g/mol. The number of hydrogen-bond acceptors (Lipinski definition) is 6. The lowest BCUT2D eigenvalue weighted by Crippen LogP contribution is -2.40. The van der Waals surface area contributed by atoms with Crippen molar-refractivity contribution in [2.75, 3.05) is 11.9 Å². The van der Waals surface area contributed by atoms with Gasteiger partial charge in [-0.05, 0) is 43.9 Å². The maximum absolute atomic E-state index is 14.8. The molecule has 4 rings (SSSR count). The van der Waals surface area contributed by atoms with Gasteiger partial charge in [0.25, 0.3) is 0 Å². The number of halogens is 1. The molecule has 0 aliphatic heterocycles. The zero-order valence-corrected chi connectivity index (χ0v) is 18.1. The summed E-state index contributed by atoms with van der Waals surface area (Å²) in [6, 6.07) is 6.28. The predicted octanol–water partition coefficient (Wildman–Crippen LogP) is 5.01. The average Bonchev–Trinajstić information content (AvgIpc) is 2.97. The van der Waals surface area contributed by atoms with Gasteiger partial charge in [-0.1, -0.05) is 26.2 Å². The summed E-state index contributed by atoms with van der Waals surface area (Å²) < 4.78 is 20.2. The molecule has 1 saturated carbocycles. The average molecular weight is 426 g/mol. The normalized spacial score (nSPS) is 21.7. The second kappa shape index (κ2) is 8.65. The van der Waals surface area contributed by atoms with Crippen molar-refractivity contribution in [2.24, 2.45) is 5.92 Å². The van der Waals surface area contributed by atoms with Crippen LogP contribution in [0, 0.1) is 12.8 Å². The van der Waals surface area contributed by atoms with Crippen LogP contribution < -0.4 is 10.3 Å². The number of phenolic OH excluding ortho intramolecular Hbond substituents is 1. The minimum Gasteiger partial charge on any atom is -0.507 e. The van der Waals surface area contributed by atoms with Gasteiger partial charge in [0.2, 0.25) is 0 Å². The van der Waals surface area contributed by atoms with Crippen LogP contribution in [0.25, 0.3) is 22.2 Å². The molecule has 1 aliphatic rings. The first-order chi connectivity index (χ1) is 14.9. The Morgan fingerprint density at radius 1 is 1.26 bits per heavy atom. The maximum Gasteiger partial charge on any atom is 0.195 e. The molecule has 164 valence electrons. The number of anilines is 1. The molecule has 0 amide bonds. The highest BCUT2D eigenvalue weighted by atomic mass is 19.1. The highest BCUT2D eigenvalue weighted by Crippen LogP contribution is 2.34. The van der Waals surface area contributed by atoms with E-state index in [1.807, 2.05) is 11.9 Å². The lowest BCUT2D eigenvalue weighted by atomic mass is 9.94. The van der Waals surface area contributed by atoms with Crippen molar-refractivity contribution < 1.29 is 13.9 Å². The molecule has 2 heterocycles. The van der Waals surface area contributed by atoms with Gasteiger partial charge < -0.3 is 14.4 Å². The van der Waals surface area contributed by atoms with Gasteiger partial charge in [0.1, 0.15) is 17.5 Å². The van der Waals surface area contributed by atoms with Gasteiger partial charge >= 0.3 is 0 Å². The Morgan fingerprint density at radius 3 is 2.77 bits per heavy atom. The third-order valence-corrected chi connectivity index (χ3v) is 6.51. The van der Waals surface area contributed by atoms with Crippen molar-refractivity contribution in [2.45, 2.75) is 58.2 Å². The molecule has 3 atom stereocenters. The largest absolute Gasteiger partial charge is 0.507 e. The molecule has 31 heavy (non-hydrogen) atoms. The Labute approximate surface area is 180 Å². The molecule has 1 aromatic carbocycles. The number of alkyl halides is 1. The summed E-state index contributed by atoms with van der Waals surface area (Å²) in [5, 5.41) is 19.4. The van der Waals surface area contributed by atoms with Crippen LogP contribution in [0.1, 0.15) is 44.6 Å². The second-order valence-corrected chi connectivity index (χ2v) is 8.53. The molecule has 1 aliphatic carbocycles. The summed E-state index contributed by atoms with van der Waals surface area (Å²) >= 11 is 0. The molecule has 1 N–H and O–H groups in total. The number of fused-ring (bicyclic) bond motifs is 1. The Morgan fingerprint density at radius 2 is 2.06 bits per heavy atom. The smallest absolute Gasteiger partial charge is 0.195 e. The van der Waals surface area contributed by atoms with Gasteiger partial charge in [-0.3, -0.25) is 4.79 Å². The molecule has 0 radical (unpaired) electrons. The minimum atomic E-state index is -0.893. The molecule has 3 aromatic rings. The summed E-state index contributed by atoms with van der Waals surface area (Å²) in [6.45, 7) is 3.84. The molecule has 0 spiro atoms. The van der Waals surface area contributed by atoms with Gasteiger partial charge in [0.05, 0.1) is 23.4 Å². The minimum absolute atomic E-state index is 0.0479.